The summed E-state index contributed by atoms with van der Waals surface area (Å²) in [6, 6.07) is 3.45. The zero-order chi connectivity index (χ0) is 14.9. The van der Waals surface area contributed by atoms with E-state index in [-0.39, 0.29) is 12.5 Å². The van der Waals surface area contributed by atoms with Crippen molar-refractivity contribution in [2.75, 3.05) is 19.7 Å². The van der Waals surface area contributed by atoms with E-state index in [1.165, 1.54) is 4.31 Å². The minimum Gasteiger partial charge on any atom is -0.396 e. The third kappa shape index (κ3) is 3.27. The monoisotopic (exact) mass is 425 g/mol. The Labute approximate surface area is 136 Å². The highest BCUT2D eigenvalue weighted by atomic mass is 79.9. The van der Waals surface area contributed by atoms with Crippen molar-refractivity contribution in [2.24, 2.45) is 5.92 Å². The first-order valence-electron chi connectivity index (χ1n) is 6.43. The molecule has 4 nitrogen and oxygen atoms in total. The SMILES string of the molecule is Cc1cc(Br)c(S(=O)(=O)N2CCC(CCO)C2)cc1Br. The summed E-state index contributed by atoms with van der Waals surface area (Å²) in [4.78, 5) is 0.291. The van der Waals surface area contributed by atoms with E-state index < -0.39 is 10.0 Å². The summed E-state index contributed by atoms with van der Waals surface area (Å²) in [6.45, 7) is 3.03. The molecule has 1 saturated heterocycles. The molecule has 1 fully saturated rings. The van der Waals surface area contributed by atoms with E-state index in [1.807, 2.05) is 6.92 Å². The van der Waals surface area contributed by atoms with Crippen molar-refractivity contribution < 1.29 is 13.5 Å². The molecule has 7 heteroatoms. The number of hydrogen-bond acceptors (Lipinski definition) is 3. The molecule has 0 bridgehead atoms. The van der Waals surface area contributed by atoms with E-state index in [2.05, 4.69) is 31.9 Å². The highest BCUT2D eigenvalue weighted by Crippen LogP contribution is 2.33. The van der Waals surface area contributed by atoms with Crippen molar-refractivity contribution in [3.8, 4) is 0 Å². The van der Waals surface area contributed by atoms with E-state index in [0.717, 1.165) is 16.5 Å². The predicted molar refractivity (Wildman–Crippen MR) is 85.1 cm³/mol. The van der Waals surface area contributed by atoms with Crippen LogP contribution in [0.25, 0.3) is 0 Å². The van der Waals surface area contributed by atoms with Crippen molar-refractivity contribution >= 4 is 41.9 Å². The van der Waals surface area contributed by atoms with Crippen LogP contribution in [0, 0.1) is 12.8 Å². The normalized spacial score (nSPS) is 20.5. The van der Waals surface area contributed by atoms with Crippen LogP contribution in [0.1, 0.15) is 18.4 Å². The molecule has 1 unspecified atom stereocenters. The Morgan fingerprint density at radius 1 is 1.35 bits per heavy atom. The smallest absolute Gasteiger partial charge is 0.244 e. The lowest BCUT2D eigenvalue weighted by Gasteiger charge is -2.18. The molecule has 0 saturated carbocycles. The van der Waals surface area contributed by atoms with Crippen LogP contribution in [0.5, 0.6) is 0 Å². The maximum atomic E-state index is 12.7. The van der Waals surface area contributed by atoms with Gasteiger partial charge in [0.15, 0.2) is 0 Å². The highest BCUT2D eigenvalue weighted by Gasteiger charge is 2.33. The van der Waals surface area contributed by atoms with E-state index in [4.69, 9.17) is 5.11 Å². The van der Waals surface area contributed by atoms with Gasteiger partial charge in [-0.05, 0) is 59.3 Å². The van der Waals surface area contributed by atoms with E-state index in [0.29, 0.717) is 28.9 Å². The van der Waals surface area contributed by atoms with Gasteiger partial charge in [0.25, 0.3) is 0 Å². The fraction of sp³-hybridized carbons (Fsp3) is 0.538. The summed E-state index contributed by atoms with van der Waals surface area (Å²) in [6.07, 6.45) is 1.47. The number of sulfonamides is 1. The lowest BCUT2D eigenvalue weighted by molar-refractivity contribution is 0.259. The number of hydrogen-bond donors (Lipinski definition) is 1. The first-order chi connectivity index (χ1) is 9.36. The second kappa shape index (κ2) is 6.44. The van der Waals surface area contributed by atoms with Crippen LogP contribution in [0.4, 0.5) is 0 Å². The number of halogens is 2. The number of aliphatic hydroxyl groups is 1. The van der Waals surface area contributed by atoms with Gasteiger partial charge in [-0.3, -0.25) is 0 Å². The van der Waals surface area contributed by atoms with Gasteiger partial charge >= 0.3 is 0 Å². The third-order valence-electron chi connectivity index (χ3n) is 3.62. The number of benzene rings is 1. The van der Waals surface area contributed by atoms with Gasteiger partial charge in [-0.1, -0.05) is 15.9 Å². The van der Waals surface area contributed by atoms with Crippen molar-refractivity contribution in [1.29, 1.82) is 0 Å². The lowest BCUT2D eigenvalue weighted by atomic mass is 10.1. The van der Waals surface area contributed by atoms with Crippen molar-refractivity contribution in [1.82, 2.24) is 4.31 Å². The lowest BCUT2D eigenvalue weighted by Crippen LogP contribution is -2.29. The van der Waals surface area contributed by atoms with Gasteiger partial charge in [0, 0.05) is 28.6 Å². The second-order valence-corrected chi connectivity index (χ2v) is 8.68. The molecule has 1 aliphatic heterocycles. The van der Waals surface area contributed by atoms with Gasteiger partial charge in [-0.2, -0.15) is 4.31 Å². The van der Waals surface area contributed by atoms with E-state index >= 15 is 0 Å². The molecule has 1 atom stereocenters. The Balaban J connectivity index is 2.30. The van der Waals surface area contributed by atoms with Crippen molar-refractivity contribution in [3.63, 3.8) is 0 Å². The molecule has 0 spiro atoms. The molecule has 112 valence electrons. The minimum absolute atomic E-state index is 0.109. The first kappa shape index (κ1) is 16.4. The van der Waals surface area contributed by atoms with Gasteiger partial charge < -0.3 is 5.11 Å². The highest BCUT2D eigenvalue weighted by molar-refractivity contribution is 9.11. The van der Waals surface area contributed by atoms with E-state index in [9.17, 15) is 8.42 Å². The Morgan fingerprint density at radius 2 is 2.05 bits per heavy atom. The second-order valence-electron chi connectivity index (χ2n) is 5.06. The van der Waals surface area contributed by atoms with Crippen LogP contribution in [0.2, 0.25) is 0 Å². The topological polar surface area (TPSA) is 57.6 Å². The number of rotatable bonds is 4. The zero-order valence-electron chi connectivity index (χ0n) is 11.1. The maximum absolute atomic E-state index is 12.7. The summed E-state index contributed by atoms with van der Waals surface area (Å²) in [5.41, 5.74) is 0.982. The molecular weight excluding hydrogens is 410 g/mol. The molecule has 1 heterocycles. The van der Waals surface area contributed by atoms with Gasteiger partial charge in [-0.25, -0.2) is 8.42 Å². The number of aliphatic hydroxyl groups excluding tert-OH is 1. The molecule has 1 aromatic carbocycles. The average Bonchev–Trinajstić information content (AvgIpc) is 2.83. The molecular formula is C13H17Br2NO3S. The van der Waals surface area contributed by atoms with Crippen LogP contribution in [-0.2, 0) is 10.0 Å². The Bertz CT molecular complexity index is 604. The van der Waals surface area contributed by atoms with Crippen LogP contribution in [-0.4, -0.2) is 37.5 Å². The predicted octanol–water partition coefficient (Wildman–Crippen LogP) is 2.91. The number of nitrogens with zero attached hydrogens (tertiary/aromatic N) is 1. The van der Waals surface area contributed by atoms with Crippen LogP contribution >= 0.6 is 31.9 Å². The number of aryl methyl sites for hydroxylation is 1. The van der Waals surface area contributed by atoms with Crippen LogP contribution < -0.4 is 0 Å². The molecule has 1 aliphatic rings. The average molecular weight is 427 g/mol. The van der Waals surface area contributed by atoms with Gasteiger partial charge in [0.05, 0.1) is 4.90 Å². The van der Waals surface area contributed by atoms with Crippen LogP contribution in [0.15, 0.2) is 26.0 Å². The molecule has 0 radical (unpaired) electrons. The zero-order valence-corrected chi connectivity index (χ0v) is 15.1. The summed E-state index contributed by atoms with van der Waals surface area (Å²) in [5, 5.41) is 8.96. The van der Waals surface area contributed by atoms with Gasteiger partial charge in [-0.15, -0.1) is 0 Å². The molecule has 0 amide bonds. The fourth-order valence-corrected chi connectivity index (χ4v) is 5.57. The molecule has 20 heavy (non-hydrogen) atoms. The van der Waals surface area contributed by atoms with Crippen molar-refractivity contribution in [3.05, 3.63) is 26.6 Å². The van der Waals surface area contributed by atoms with Crippen molar-refractivity contribution in [2.45, 2.75) is 24.7 Å². The van der Waals surface area contributed by atoms with Crippen LogP contribution in [0.3, 0.4) is 0 Å². The maximum Gasteiger partial charge on any atom is 0.244 e. The third-order valence-corrected chi connectivity index (χ3v) is 7.29. The molecule has 0 aromatic heterocycles. The minimum atomic E-state index is -3.49. The fourth-order valence-electron chi connectivity index (χ4n) is 2.40. The Hall–Kier alpha value is 0.0500. The summed E-state index contributed by atoms with van der Waals surface area (Å²) >= 11 is 6.72. The molecule has 0 aliphatic carbocycles. The standard InChI is InChI=1S/C13H17Br2NO3S/c1-9-6-12(15)13(7-11(9)14)20(18,19)16-4-2-10(8-16)3-5-17/h6-7,10,17H,2-5,8H2,1H3. The molecule has 2 rings (SSSR count). The molecule has 1 aromatic rings. The van der Waals surface area contributed by atoms with Gasteiger partial charge in [0.1, 0.15) is 0 Å². The van der Waals surface area contributed by atoms with E-state index in [1.54, 1.807) is 12.1 Å². The summed E-state index contributed by atoms with van der Waals surface area (Å²) in [5.74, 6) is 0.252. The molecule has 1 N–H and O–H groups in total. The Morgan fingerprint density at radius 3 is 2.70 bits per heavy atom. The quantitative estimate of drug-likeness (QED) is 0.805. The first-order valence-corrected chi connectivity index (χ1v) is 9.45. The Kier molecular flexibility index (Phi) is 5.29. The van der Waals surface area contributed by atoms with Gasteiger partial charge in [0.2, 0.25) is 10.0 Å². The largest absolute Gasteiger partial charge is 0.396 e. The summed E-state index contributed by atoms with van der Waals surface area (Å²) < 4.78 is 28.2. The summed E-state index contributed by atoms with van der Waals surface area (Å²) in [7, 11) is -3.49.